The first kappa shape index (κ1) is 13.6. The fourth-order valence-corrected chi connectivity index (χ4v) is 3.49. The summed E-state index contributed by atoms with van der Waals surface area (Å²) in [5.74, 6) is 1.94. The third-order valence-corrected chi connectivity index (χ3v) is 4.80. The summed E-state index contributed by atoms with van der Waals surface area (Å²) in [6, 6.07) is 11.2. The summed E-state index contributed by atoms with van der Waals surface area (Å²) in [7, 11) is 0. The number of hydrogen-bond donors (Lipinski definition) is 1. The fourth-order valence-electron chi connectivity index (χ4n) is 3.49. The van der Waals surface area contributed by atoms with Crippen LogP contribution in [0.5, 0.6) is 0 Å². The van der Waals surface area contributed by atoms with E-state index in [0.29, 0.717) is 17.9 Å². The van der Waals surface area contributed by atoms with E-state index in [1.807, 2.05) is 0 Å². The summed E-state index contributed by atoms with van der Waals surface area (Å²) in [6.45, 7) is 4.63. The second-order valence-corrected chi connectivity index (χ2v) is 5.94. The van der Waals surface area contributed by atoms with Gasteiger partial charge in [0.15, 0.2) is 0 Å². The molecule has 1 saturated carbocycles. The van der Waals surface area contributed by atoms with Gasteiger partial charge in [0, 0.05) is 12.0 Å². The Balaban J connectivity index is 2.19. The summed E-state index contributed by atoms with van der Waals surface area (Å²) in [4.78, 5) is 0. The normalized spacial score (nSPS) is 21.7. The van der Waals surface area contributed by atoms with Crippen LogP contribution >= 0.6 is 0 Å². The molecular formula is C17H27N. The molecule has 1 aliphatic rings. The highest BCUT2D eigenvalue weighted by atomic mass is 14.7. The van der Waals surface area contributed by atoms with Crippen LogP contribution in [0.3, 0.4) is 0 Å². The highest BCUT2D eigenvalue weighted by Crippen LogP contribution is 2.37. The van der Waals surface area contributed by atoms with Crippen molar-refractivity contribution < 1.29 is 0 Å². The maximum atomic E-state index is 6.63. The maximum absolute atomic E-state index is 6.63. The van der Waals surface area contributed by atoms with Crippen LogP contribution in [0.4, 0.5) is 0 Å². The minimum atomic E-state index is 0.338. The molecule has 1 heteroatoms. The average Bonchev–Trinajstić information content (AvgIpc) is 2.94. The summed E-state index contributed by atoms with van der Waals surface area (Å²) in [5, 5.41) is 0. The zero-order valence-electron chi connectivity index (χ0n) is 11.8. The van der Waals surface area contributed by atoms with Gasteiger partial charge in [0.05, 0.1) is 0 Å². The van der Waals surface area contributed by atoms with Crippen LogP contribution in [0.15, 0.2) is 30.3 Å². The van der Waals surface area contributed by atoms with Crippen molar-refractivity contribution in [2.75, 3.05) is 0 Å². The van der Waals surface area contributed by atoms with E-state index in [0.717, 1.165) is 5.92 Å². The van der Waals surface area contributed by atoms with E-state index in [1.165, 1.54) is 37.7 Å². The van der Waals surface area contributed by atoms with Crippen molar-refractivity contribution >= 4 is 0 Å². The molecule has 0 aliphatic heterocycles. The standard InChI is InChI=1S/C17H27N/c1-3-13(2)16(14-9-5-4-6-10-14)17(18)15-11-7-8-12-15/h4-6,9-10,13,15-17H,3,7-8,11-12,18H2,1-2H3. The Labute approximate surface area is 112 Å². The van der Waals surface area contributed by atoms with Crippen LogP contribution in [0.25, 0.3) is 0 Å². The van der Waals surface area contributed by atoms with E-state index >= 15 is 0 Å². The van der Waals surface area contributed by atoms with E-state index in [2.05, 4.69) is 44.2 Å². The van der Waals surface area contributed by atoms with Gasteiger partial charge in [0.2, 0.25) is 0 Å². The van der Waals surface area contributed by atoms with Gasteiger partial charge >= 0.3 is 0 Å². The summed E-state index contributed by atoms with van der Waals surface area (Å²) in [5.41, 5.74) is 8.07. The molecule has 0 spiro atoms. The van der Waals surface area contributed by atoms with E-state index in [1.54, 1.807) is 0 Å². The van der Waals surface area contributed by atoms with Crippen LogP contribution in [0.2, 0.25) is 0 Å². The molecule has 2 rings (SSSR count). The van der Waals surface area contributed by atoms with Crippen molar-refractivity contribution in [2.24, 2.45) is 17.6 Å². The predicted molar refractivity (Wildman–Crippen MR) is 78.6 cm³/mol. The summed E-state index contributed by atoms with van der Waals surface area (Å²) in [6.07, 6.45) is 6.63. The van der Waals surface area contributed by atoms with Gasteiger partial charge in [-0.2, -0.15) is 0 Å². The van der Waals surface area contributed by atoms with Crippen LogP contribution in [-0.4, -0.2) is 6.04 Å². The summed E-state index contributed by atoms with van der Waals surface area (Å²) >= 11 is 0. The molecule has 1 aromatic rings. The molecule has 3 unspecified atom stereocenters. The predicted octanol–water partition coefficient (Wildman–Crippen LogP) is 4.33. The van der Waals surface area contributed by atoms with E-state index in [-0.39, 0.29) is 0 Å². The Morgan fingerprint density at radius 1 is 1.17 bits per heavy atom. The largest absolute Gasteiger partial charge is 0.327 e. The molecule has 0 amide bonds. The first-order valence-corrected chi connectivity index (χ1v) is 7.54. The second-order valence-electron chi connectivity index (χ2n) is 5.94. The fraction of sp³-hybridized carbons (Fsp3) is 0.647. The number of nitrogens with two attached hydrogens (primary N) is 1. The topological polar surface area (TPSA) is 26.0 Å². The van der Waals surface area contributed by atoms with Crippen molar-refractivity contribution in [1.29, 1.82) is 0 Å². The van der Waals surface area contributed by atoms with Gasteiger partial charge in [-0.15, -0.1) is 0 Å². The molecule has 100 valence electrons. The number of rotatable bonds is 5. The maximum Gasteiger partial charge on any atom is 0.0139 e. The molecule has 1 aliphatic carbocycles. The minimum absolute atomic E-state index is 0.338. The van der Waals surface area contributed by atoms with E-state index < -0.39 is 0 Å². The van der Waals surface area contributed by atoms with Gasteiger partial charge in [-0.1, -0.05) is 63.4 Å². The van der Waals surface area contributed by atoms with Crippen molar-refractivity contribution in [1.82, 2.24) is 0 Å². The number of benzene rings is 1. The van der Waals surface area contributed by atoms with Crippen molar-refractivity contribution in [3.05, 3.63) is 35.9 Å². The lowest BCUT2D eigenvalue weighted by atomic mass is 9.75. The van der Waals surface area contributed by atoms with Gasteiger partial charge in [0.1, 0.15) is 0 Å². The molecule has 1 aromatic carbocycles. The van der Waals surface area contributed by atoms with Crippen molar-refractivity contribution in [3.8, 4) is 0 Å². The molecule has 0 saturated heterocycles. The molecule has 18 heavy (non-hydrogen) atoms. The Morgan fingerprint density at radius 3 is 2.33 bits per heavy atom. The van der Waals surface area contributed by atoms with Gasteiger partial charge in [-0.3, -0.25) is 0 Å². The first-order chi connectivity index (χ1) is 8.74. The molecule has 3 atom stereocenters. The van der Waals surface area contributed by atoms with Crippen molar-refractivity contribution in [3.63, 3.8) is 0 Å². The molecule has 0 aromatic heterocycles. The SMILES string of the molecule is CCC(C)C(c1ccccc1)C(N)C1CCCC1. The van der Waals surface area contributed by atoms with Gasteiger partial charge in [-0.05, 0) is 30.2 Å². The molecule has 1 nitrogen and oxygen atoms in total. The Kier molecular flexibility index (Phi) is 4.82. The molecule has 0 radical (unpaired) electrons. The molecule has 0 bridgehead atoms. The van der Waals surface area contributed by atoms with Crippen LogP contribution in [0, 0.1) is 11.8 Å². The second kappa shape index (κ2) is 6.38. The minimum Gasteiger partial charge on any atom is -0.327 e. The third-order valence-electron chi connectivity index (χ3n) is 4.80. The smallest absolute Gasteiger partial charge is 0.0139 e. The van der Waals surface area contributed by atoms with E-state index in [4.69, 9.17) is 5.73 Å². The highest BCUT2D eigenvalue weighted by molar-refractivity contribution is 5.22. The lowest BCUT2D eigenvalue weighted by Crippen LogP contribution is -2.38. The highest BCUT2D eigenvalue weighted by Gasteiger charge is 2.32. The average molecular weight is 245 g/mol. The van der Waals surface area contributed by atoms with Crippen LogP contribution in [-0.2, 0) is 0 Å². The molecular weight excluding hydrogens is 218 g/mol. The lowest BCUT2D eigenvalue weighted by Gasteiger charge is -2.33. The summed E-state index contributed by atoms with van der Waals surface area (Å²) < 4.78 is 0. The van der Waals surface area contributed by atoms with Gasteiger partial charge < -0.3 is 5.73 Å². The van der Waals surface area contributed by atoms with Crippen LogP contribution in [0.1, 0.15) is 57.4 Å². The molecule has 0 heterocycles. The zero-order chi connectivity index (χ0) is 13.0. The Morgan fingerprint density at radius 2 is 1.78 bits per heavy atom. The van der Waals surface area contributed by atoms with Gasteiger partial charge in [-0.25, -0.2) is 0 Å². The lowest BCUT2D eigenvalue weighted by molar-refractivity contribution is 0.302. The molecule has 2 N–H and O–H groups in total. The monoisotopic (exact) mass is 245 g/mol. The quantitative estimate of drug-likeness (QED) is 0.820. The third kappa shape index (κ3) is 2.95. The van der Waals surface area contributed by atoms with Crippen LogP contribution < -0.4 is 5.73 Å². The van der Waals surface area contributed by atoms with E-state index in [9.17, 15) is 0 Å². The Bertz CT molecular complexity index is 340. The number of hydrogen-bond acceptors (Lipinski definition) is 1. The first-order valence-electron chi connectivity index (χ1n) is 7.54. The Hall–Kier alpha value is -0.820. The van der Waals surface area contributed by atoms with Gasteiger partial charge in [0.25, 0.3) is 0 Å². The zero-order valence-corrected chi connectivity index (χ0v) is 11.8. The molecule has 1 fully saturated rings. The van der Waals surface area contributed by atoms with Crippen molar-refractivity contribution in [2.45, 2.75) is 57.9 Å².